The standard InChI is InChI=1S/C17H25NOS/c1-4-14-5-7-15(8-6-14)16(19)13-18-10-9-17(2,3)20-12-11-18/h5-8H,4,9-13H2,1-3H3. The van der Waals surface area contributed by atoms with Crippen molar-refractivity contribution >= 4 is 17.5 Å². The molecule has 0 unspecified atom stereocenters. The van der Waals surface area contributed by atoms with Gasteiger partial charge in [-0.1, -0.05) is 45.0 Å². The Kier molecular flexibility index (Phi) is 5.28. The first-order valence-electron chi connectivity index (χ1n) is 7.48. The molecule has 0 bridgehead atoms. The average Bonchev–Trinajstić information content (AvgIpc) is 2.60. The molecule has 0 radical (unpaired) electrons. The van der Waals surface area contributed by atoms with Crippen LogP contribution in [0.15, 0.2) is 24.3 Å². The summed E-state index contributed by atoms with van der Waals surface area (Å²) in [6.07, 6.45) is 2.17. The number of carbonyl (C=O) groups excluding carboxylic acids is 1. The zero-order chi connectivity index (χ0) is 14.6. The molecule has 20 heavy (non-hydrogen) atoms. The molecule has 0 amide bonds. The van der Waals surface area contributed by atoms with E-state index < -0.39 is 0 Å². The lowest BCUT2D eigenvalue weighted by Gasteiger charge is -2.22. The van der Waals surface area contributed by atoms with Gasteiger partial charge in [0.05, 0.1) is 6.54 Å². The molecule has 2 nitrogen and oxygen atoms in total. The lowest BCUT2D eigenvalue weighted by molar-refractivity contribution is 0.0934. The van der Waals surface area contributed by atoms with Gasteiger partial charge in [0.15, 0.2) is 5.78 Å². The molecule has 1 aromatic rings. The van der Waals surface area contributed by atoms with Crippen LogP contribution in [0.2, 0.25) is 0 Å². The number of thioether (sulfide) groups is 1. The van der Waals surface area contributed by atoms with Crippen molar-refractivity contribution in [2.45, 2.75) is 38.4 Å². The van der Waals surface area contributed by atoms with Gasteiger partial charge in [0.25, 0.3) is 0 Å². The van der Waals surface area contributed by atoms with Gasteiger partial charge in [0.2, 0.25) is 0 Å². The largest absolute Gasteiger partial charge is 0.295 e. The topological polar surface area (TPSA) is 20.3 Å². The molecule has 0 atom stereocenters. The highest BCUT2D eigenvalue weighted by Gasteiger charge is 2.24. The fourth-order valence-electron chi connectivity index (χ4n) is 2.44. The van der Waals surface area contributed by atoms with Crippen molar-refractivity contribution in [1.29, 1.82) is 0 Å². The molecule has 1 heterocycles. The fourth-order valence-corrected chi connectivity index (χ4v) is 3.58. The first kappa shape index (κ1) is 15.6. The summed E-state index contributed by atoms with van der Waals surface area (Å²) in [5.74, 6) is 1.37. The molecule has 0 saturated carbocycles. The van der Waals surface area contributed by atoms with E-state index in [1.807, 2.05) is 23.9 Å². The summed E-state index contributed by atoms with van der Waals surface area (Å²) in [5, 5.41) is 0. The monoisotopic (exact) mass is 291 g/mol. The van der Waals surface area contributed by atoms with E-state index in [1.165, 1.54) is 5.56 Å². The fraction of sp³-hybridized carbons (Fsp3) is 0.588. The Morgan fingerprint density at radius 3 is 2.60 bits per heavy atom. The van der Waals surface area contributed by atoms with Crippen LogP contribution in [0.4, 0.5) is 0 Å². The molecule has 0 aliphatic carbocycles. The third-order valence-corrected chi connectivity index (χ3v) is 5.35. The highest BCUT2D eigenvalue weighted by molar-refractivity contribution is 8.00. The number of hydrogen-bond acceptors (Lipinski definition) is 3. The van der Waals surface area contributed by atoms with Crippen molar-refractivity contribution in [3.63, 3.8) is 0 Å². The van der Waals surface area contributed by atoms with Crippen LogP contribution in [0.1, 0.15) is 43.1 Å². The maximum atomic E-state index is 12.3. The zero-order valence-electron chi connectivity index (χ0n) is 12.8. The lowest BCUT2D eigenvalue weighted by Crippen LogP contribution is -2.32. The summed E-state index contributed by atoms with van der Waals surface area (Å²) in [4.78, 5) is 14.6. The molecule has 110 valence electrons. The molecule has 1 aliphatic heterocycles. The molecule has 1 saturated heterocycles. The van der Waals surface area contributed by atoms with Crippen LogP contribution in [0.3, 0.4) is 0 Å². The predicted molar refractivity (Wildman–Crippen MR) is 87.7 cm³/mol. The molecule has 0 N–H and O–H groups in total. The molecule has 1 aromatic carbocycles. The van der Waals surface area contributed by atoms with E-state index in [1.54, 1.807) is 0 Å². The second-order valence-corrected chi connectivity index (χ2v) is 7.91. The number of hydrogen-bond donors (Lipinski definition) is 0. The van der Waals surface area contributed by atoms with Crippen LogP contribution >= 0.6 is 11.8 Å². The smallest absolute Gasteiger partial charge is 0.176 e. The van der Waals surface area contributed by atoms with E-state index in [-0.39, 0.29) is 5.78 Å². The number of aryl methyl sites for hydroxylation is 1. The van der Waals surface area contributed by atoms with Gasteiger partial charge in [-0.05, 0) is 24.9 Å². The Morgan fingerprint density at radius 2 is 1.95 bits per heavy atom. The van der Waals surface area contributed by atoms with Gasteiger partial charge in [-0.3, -0.25) is 9.69 Å². The minimum Gasteiger partial charge on any atom is -0.295 e. The molecule has 1 fully saturated rings. The highest BCUT2D eigenvalue weighted by atomic mass is 32.2. The predicted octanol–water partition coefficient (Wildman–Crippen LogP) is 3.65. The summed E-state index contributed by atoms with van der Waals surface area (Å²) in [6.45, 7) is 9.33. The van der Waals surface area contributed by atoms with E-state index in [9.17, 15) is 4.79 Å². The van der Waals surface area contributed by atoms with Gasteiger partial charge in [-0.15, -0.1) is 0 Å². The van der Waals surface area contributed by atoms with Crippen molar-refractivity contribution in [2.75, 3.05) is 25.4 Å². The van der Waals surface area contributed by atoms with Crippen molar-refractivity contribution in [2.24, 2.45) is 0 Å². The van der Waals surface area contributed by atoms with Crippen LogP contribution in [0, 0.1) is 0 Å². The first-order valence-corrected chi connectivity index (χ1v) is 8.47. The third kappa shape index (κ3) is 4.35. The zero-order valence-corrected chi connectivity index (χ0v) is 13.6. The highest BCUT2D eigenvalue weighted by Crippen LogP contribution is 2.30. The molecule has 1 aliphatic rings. The quantitative estimate of drug-likeness (QED) is 0.790. The van der Waals surface area contributed by atoms with Crippen LogP contribution in [0.25, 0.3) is 0 Å². The first-order chi connectivity index (χ1) is 9.50. The van der Waals surface area contributed by atoms with Gasteiger partial charge in [0.1, 0.15) is 0 Å². The Hall–Kier alpha value is -0.800. The Morgan fingerprint density at radius 1 is 1.25 bits per heavy atom. The van der Waals surface area contributed by atoms with Gasteiger partial charge in [-0.25, -0.2) is 0 Å². The van der Waals surface area contributed by atoms with Crippen LogP contribution in [0.5, 0.6) is 0 Å². The SMILES string of the molecule is CCc1ccc(C(=O)CN2CCSC(C)(C)CC2)cc1. The molecular formula is C17H25NOS. The minimum atomic E-state index is 0.248. The van der Waals surface area contributed by atoms with Crippen LogP contribution in [-0.2, 0) is 6.42 Å². The van der Waals surface area contributed by atoms with Crippen LogP contribution in [-0.4, -0.2) is 40.8 Å². The van der Waals surface area contributed by atoms with Gasteiger partial charge in [0, 0.05) is 22.6 Å². The maximum Gasteiger partial charge on any atom is 0.176 e. The molecule has 3 heteroatoms. The van der Waals surface area contributed by atoms with E-state index in [0.29, 0.717) is 11.3 Å². The number of nitrogens with zero attached hydrogens (tertiary/aromatic N) is 1. The molecular weight excluding hydrogens is 266 g/mol. The summed E-state index contributed by atoms with van der Waals surface area (Å²) >= 11 is 2.02. The normalized spacial score (nSPS) is 19.6. The number of rotatable bonds is 4. The summed E-state index contributed by atoms with van der Waals surface area (Å²) < 4.78 is 0.348. The molecule has 0 spiro atoms. The van der Waals surface area contributed by atoms with Gasteiger partial charge < -0.3 is 0 Å². The summed E-state index contributed by atoms with van der Waals surface area (Å²) in [5.41, 5.74) is 2.13. The number of benzene rings is 1. The maximum absolute atomic E-state index is 12.3. The van der Waals surface area contributed by atoms with Gasteiger partial charge >= 0.3 is 0 Å². The van der Waals surface area contributed by atoms with E-state index in [0.717, 1.165) is 37.2 Å². The summed E-state index contributed by atoms with van der Waals surface area (Å²) in [7, 11) is 0. The molecule has 0 aromatic heterocycles. The van der Waals surface area contributed by atoms with E-state index in [2.05, 4.69) is 37.8 Å². The average molecular weight is 291 g/mol. The lowest BCUT2D eigenvalue weighted by atomic mass is 10.1. The Balaban J connectivity index is 1.93. The Labute approximate surface area is 126 Å². The second kappa shape index (κ2) is 6.77. The second-order valence-electron chi connectivity index (χ2n) is 6.11. The Bertz CT molecular complexity index is 453. The number of Topliss-reactive ketones (excluding diaryl/α,β-unsaturated/α-hetero) is 1. The van der Waals surface area contributed by atoms with Crippen molar-refractivity contribution in [3.05, 3.63) is 35.4 Å². The van der Waals surface area contributed by atoms with E-state index >= 15 is 0 Å². The third-order valence-electron chi connectivity index (χ3n) is 3.98. The summed E-state index contributed by atoms with van der Waals surface area (Å²) in [6, 6.07) is 8.07. The van der Waals surface area contributed by atoms with E-state index in [4.69, 9.17) is 0 Å². The van der Waals surface area contributed by atoms with Crippen molar-refractivity contribution < 1.29 is 4.79 Å². The number of ketones is 1. The van der Waals surface area contributed by atoms with Crippen molar-refractivity contribution in [3.8, 4) is 0 Å². The number of carbonyl (C=O) groups is 1. The van der Waals surface area contributed by atoms with Gasteiger partial charge in [-0.2, -0.15) is 11.8 Å². The van der Waals surface area contributed by atoms with Crippen molar-refractivity contribution in [1.82, 2.24) is 4.90 Å². The van der Waals surface area contributed by atoms with Crippen LogP contribution < -0.4 is 0 Å². The molecule has 2 rings (SSSR count). The minimum absolute atomic E-state index is 0.248.